The number of carbonyl (C=O) groups is 1. The third kappa shape index (κ3) is 3.98. The summed E-state index contributed by atoms with van der Waals surface area (Å²) in [6.07, 6.45) is 1.25. The maximum Gasteiger partial charge on any atom is 0.411 e. The molecular formula is C22H26FNO3. The fraction of sp³-hybridized carbons (Fsp3) is 0.409. The molecule has 5 heteroatoms. The van der Waals surface area contributed by atoms with Crippen LogP contribution >= 0.6 is 0 Å². The highest BCUT2D eigenvalue weighted by Gasteiger charge is 2.43. The van der Waals surface area contributed by atoms with Gasteiger partial charge >= 0.3 is 6.09 Å². The summed E-state index contributed by atoms with van der Waals surface area (Å²) in [4.78, 5) is 14.4. The van der Waals surface area contributed by atoms with Gasteiger partial charge < -0.3 is 14.7 Å². The Balaban J connectivity index is 1.84. The van der Waals surface area contributed by atoms with Crippen molar-refractivity contribution in [2.45, 2.75) is 44.8 Å². The maximum atomic E-state index is 14.1. The molecule has 2 aromatic rings. The summed E-state index contributed by atoms with van der Waals surface area (Å²) < 4.78 is 20.1. The molecule has 2 atom stereocenters. The number of benzene rings is 2. The average molecular weight is 371 g/mol. The van der Waals surface area contributed by atoms with Crippen molar-refractivity contribution in [3.8, 4) is 0 Å². The molecule has 0 aromatic heterocycles. The van der Waals surface area contributed by atoms with E-state index < -0.39 is 17.7 Å². The smallest absolute Gasteiger partial charge is 0.411 e. The lowest BCUT2D eigenvalue weighted by Gasteiger charge is -2.43. The summed E-state index contributed by atoms with van der Waals surface area (Å²) in [5.41, 5.74) is 1.80. The van der Waals surface area contributed by atoms with E-state index in [4.69, 9.17) is 4.74 Å². The molecule has 2 aromatic carbocycles. The van der Waals surface area contributed by atoms with E-state index in [2.05, 4.69) is 0 Å². The molecule has 144 valence electrons. The molecule has 0 aliphatic carbocycles. The molecule has 0 saturated carbocycles. The van der Waals surface area contributed by atoms with Crippen molar-refractivity contribution in [2.75, 3.05) is 13.2 Å². The van der Waals surface area contributed by atoms with Gasteiger partial charge in [-0.25, -0.2) is 9.18 Å². The lowest BCUT2D eigenvalue weighted by molar-refractivity contribution is -0.0682. The predicted octanol–water partition coefficient (Wildman–Crippen LogP) is 4.71. The molecule has 0 spiro atoms. The highest BCUT2D eigenvalue weighted by molar-refractivity contribution is 5.70. The summed E-state index contributed by atoms with van der Waals surface area (Å²) in [7, 11) is 0. The van der Waals surface area contributed by atoms with Crippen molar-refractivity contribution in [1.29, 1.82) is 0 Å². The third-order valence-corrected chi connectivity index (χ3v) is 5.41. The Hall–Kier alpha value is -2.40. The van der Waals surface area contributed by atoms with Crippen LogP contribution in [-0.2, 0) is 10.3 Å². The van der Waals surface area contributed by atoms with E-state index in [1.807, 2.05) is 38.1 Å². The molecule has 0 bridgehead atoms. The topological polar surface area (TPSA) is 49.8 Å². The standard InChI is InChI=1S/C22H26FNO3/c1-16-8-10-18(11-9-16)22(12-5-15-25)13-14-24(21(26)27-22)17(2)19-6-3-4-7-20(19)23/h3-4,6-11,17,25H,5,12-15H2,1-2H3/t17-,22+/m0/s1. The molecule has 1 amide bonds. The minimum Gasteiger partial charge on any atom is -0.438 e. The summed E-state index contributed by atoms with van der Waals surface area (Å²) >= 11 is 0. The Morgan fingerprint density at radius 3 is 2.56 bits per heavy atom. The molecule has 1 heterocycles. The minimum absolute atomic E-state index is 0.0422. The number of rotatable bonds is 6. The Kier molecular flexibility index (Phi) is 5.80. The van der Waals surface area contributed by atoms with E-state index in [1.54, 1.807) is 23.1 Å². The number of hydrogen-bond donors (Lipinski definition) is 1. The highest BCUT2D eigenvalue weighted by Crippen LogP contribution is 2.40. The number of halogens is 1. The molecule has 1 saturated heterocycles. The predicted molar refractivity (Wildman–Crippen MR) is 102 cm³/mol. The zero-order valence-electron chi connectivity index (χ0n) is 15.8. The lowest BCUT2D eigenvalue weighted by Crippen LogP contribution is -2.49. The number of nitrogens with zero attached hydrogens (tertiary/aromatic N) is 1. The van der Waals surface area contributed by atoms with Crippen LogP contribution in [0.1, 0.15) is 48.9 Å². The SMILES string of the molecule is Cc1ccc([C@@]2(CCCO)CCN([C@@H](C)c3ccccc3F)C(=O)O2)cc1. The van der Waals surface area contributed by atoms with Gasteiger partial charge in [0.05, 0.1) is 6.04 Å². The van der Waals surface area contributed by atoms with Gasteiger partial charge in [0.25, 0.3) is 0 Å². The molecule has 27 heavy (non-hydrogen) atoms. The van der Waals surface area contributed by atoms with E-state index in [-0.39, 0.29) is 12.4 Å². The monoisotopic (exact) mass is 371 g/mol. The van der Waals surface area contributed by atoms with E-state index in [9.17, 15) is 14.3 Å². The van der Waals surface area contributed by atoms with Crippen LogP contribution in [0.2, 0.25) is 0 Å². The van der Waals surface area contributed by atoms with Gasteiger partial charge in [0, 0.05) is 25.1 Å². The second-order valence-electron chi connectivity index (χ2n) is 7.20. The third-order valence-electron chi connectivity index (χ3n) is 5.41. The van der Waals surface area contributed by atoms with Crippen LogP contribution < -0.4 is 0 Å². The van der Waals surface area contributed by atoms with Gasteiger partial charge in [-0.15, -0.1) is 0 Å². The van der Waals surface area contributed by atoms with E-state index >= 15 is 0 Å². The second kappa shape index (κ2) is 8.09. The molecule has 1 N–H and O–H groups in total. The van der Waals surface area contributed by atoms with Gasteiger partial charge in [-0.3, -0.25) is 0 Å². The van der Waals surface area contributed by atoms with Crippen LogP contribution in [0.15, 0.2) is 48.5 Å². The van der Waals surface area contributed by atoms with Crippen LogP contribution in [-0.4, -0.2) is 29.3 Å². The quantitative estimate of drug-likeness (QED) is 0.800. The first-order valence-electron chi connectivity index (χ1n) is 9.39. The van der Waals surface area contributed by atoms with Crippen LogP contribution in [0, 0.1) is 12.7 Å². The maximum absolute atomic E-state index is 14.1. The fourth-order valence-corrected chi connectivity index (χ4v) is 3.75. The van der Waals surface area contributed by atoms with Gasteiger partial charge in [-0.2, -0.15) is 0 Å². The Morgan fingerprint density at radius 2 is 1.93 bits per heavy atom. The summed E-state index contributed by atoms with van der Waals surface area (Å²) in [5.74, 6) is -0.326. The number of aliphatic hydroxyl groups excluding tert-OH is 1. The molecule has 3 rings (SSSR count). The molecule has 1 aliphatic rings. The van der Waals surface area contributed by atoms with Crippen molar-refractivity contribution in [2.24, 2.45) is 0 Å². The highest BCUT2D eigenvalue weighted by atomic mass is 19.1. The van der Waals surface area contributed by atoms with Crippen molar-refractivity contribution >= 4 is 6.09 Å². The van der Waals surface area contributed by atoms with E-state index in [0.717, 1.165) is 11.1 Å². The Bertz CT molecular complexity index is 792. The van der Waals surface area contributed by atoms with Gasteiger partial charge in [-0.05, 0) is 38.3 Å². The molecule has 0 unspecified atom stereocenters. The lowest BCUT2D eigenvalue weighted by atomic mass is 9.84. The summed E-state index contributed by atoms with van der Waals surface area (Å²) in [6, 6.07) is 14.1. The number of aliphatic hydroxyl groups is 1. The van der Waals surface area contributed by atoms with Crippen LogP contribution in [0.25, 0.3) is 0 Å². The number of amides is 1. The number of aryl methyl sites for hydroxylation is 1. The van der Waals surface area contributed by atoms with Gasteiger partial charge in [0.1, 0.15) is 11.4 Å². The zero-order valence-corrected chi connectivity index (χ0v) is 15.8. The molecule has 4 nitrogen and oxygen atoms in total. The first-order valence-corrected chi connectivity index (χ1v) is 9.39. The van der Waals surface area contributed by atoms with Crippen LogP contribution in [0.4, 0.5) is 9.18 Å². The largest absolute Gasteiger partial charge is 0.438 e. The number of ether oxygens (including phenoxy) is 1. The van der Waals surface area contributed by atoms with Crippen molar-refractivity contribution in [1.82, 2.24) is 4.90 Å². The Morgan fingerprint density at radius 1 is 1.22 bits per heavy atom. The van der Waals surface area contributed by atoms with Crippen LogP contribution in [0.3, 0.4) is 0 Å². The molecule has 1 aliphatic heterocycles. The summed E-state index contributed by atoms with van der Waals surface area (Å²) in [6.45, 7) is 4.33. The van der Waals surface area contributed by atoms with Crippen molar-refractivity contribution in [3.63, 3.8) is 0 Å². The number of hydrogen-bond acceptors (Lipinski definition) is 3. The number of cyclic esters (lactones) is 1. The van der Waals surface area contributed by atoms with E-state index in [0.29, 0.717) is 31.4 Å². The molecular weight excluding hydrogens is 345 g/mol. The first kappa shape index (κ1) is 19.4. The number of carbonyl (C=O) groups excluding carboxylic acids is 1. The van der Waals surface area contributed by atoms with Crippen LogP contribution in [0.5, 0.6) is 0 Å². The Labute approximate surface area is 159 Å². The fourth-order valence-electron chi connectivity index (χ4n) is 3.75. The minimum atomic E-state index is -0.751. The second-order valence-corrected chi connectivity index (χ2v) is 7.20. The first-order chi connectivity index (χ1) is 13.0. The normalized spacial score (nSPS) is 21.0. The molecule has 0 radical (unpaired) electrons. The van der Waals surface area contributed by atoms with E-state index in [1.165, 1.54) is 6.07 Å². The van der Waals surface area contributed by atoms with Crippen molar-refractivity contribution < 1.29 is 19.0 Å². The zero-order chi connectivity index (χ0) is 19.4. The average Bonchev–Trinajstić information content (AvgIpc) is 2.67. The van der Waals surface area contributed by atoms with Gasteiger partial charge in [0.15, 0.2) is 0 Å². The summed E-state index contributed by atoms with van der Waals surface area (Å²) in [5, 5.41) is 9.30. The van der Waals surface area contributed by atoms with Gasteiger partial charge in [-0.1, -0.05) is 48.0 Å². The van der Waals surface area contributed by atoms with Gasteiger partial charge in [0.2, 0.25) is 0 Å². The molecule has 1 fully saturated rings. The van der Waals surface area contributed by atoms with Crippen molar-refractivity contribution in [3.05, 3.63) is 71.0 Å².